The predicted octanol–water partition coefficient (Wildman–Crippen LogP) is 3.19. The van der Waals surface area contributed by atoms with Gasteiger partial charge in [0.15, 0.2) is 0 Å². The summed E-state index contributed by atoms with van der Waals surface area (Å²) in [7, 11) is -2.17. The largest absolute Gasteiger partial charge is 0.495 e. The Hall–Kier alpha value is -1.86. The summed E-state index contributed by atoms with van der Waals surface area (Å²) in [6, 6.07) is 4.94. The van der Waals surface area contributed by atoms with Crippen molar-refractivity contribution in [1.82, 2.24) is 9.62 Å². The lowest BCUT2D eigenvalue weighted by molar-refractivity contribution is -0.118. The monoisotopic (exact) mass is 394 g/mol. The van der Waals surface area contributed by atoms with Gasteiger partial charge in [0.1, 0.15) is 10.6 Å². The molecule has 1 aromatic carbocycles. The van der Waals surface area contributed by atoms with Gasteiger partial charge in [-0.3, -0.25) is 4.79 Å². The number of benzene rings is 1. The molecule has 1 fully saturated rings. The van der Waals surface area contributed by atoms with Gasteiger partial charge in [0, 0.05) is 24.7 Å². The molecule has 6 nitrogen and oxygen atoms in total. The molecule has 1 aromatic rings. The van der Waals surface area contributed by atoms with Crippen LogP contribution in [0.4, 0.5) is 0 Å². The number of methoxy groups -OCH3 is 1. The van der Waals surface area contributed by atoms with Gasteiger partial charge in [-0.1, -0.05) is 19.4 Å². The molecule has 2 rings (SSSR count). The van der Waals surface area contributed by atoms with Crippen LogP contribution in [0.5, 0.6) is 5.75 Å². The van der Waals surface area contributed by atoms with Crippen LogP contribution in [0.3, 0.4) is 0 Å². The zero-order valence-corrected chi connectivity index (χ0v) is 17.4. The number of sulfonamides is 1. The van der Waals surface area contributed by atoms with Gasteiger partial charge in [0.25, 0.3) is 0 Å². The van der Waals surface area contributed by atoms with Crippen molar-refractivity contribution in [2.45, 2.75) is 56.9 Å². The van der Waals surface area contributed by atoms with E-state index in [9.17, 15) is 13.2 Å². The minimum absolute atomic E-state index is 0.142. The number of nitrogens with zero attached hydrogens (tertiary/aromatic N) is 1. The molecular weight excluding hydrogens is 364 g/mol. The third kappa shape index (κ3) is 5.56. The van der Waals surface area contributed by atoms with E-state index in [4.69, 9.17) is 4.74 Å². The summed E-state index contributed by atoms with van der Waals surface area (Å²) in [4.78, 5) is 12.2. The van der Waals surface area contributed by atoms with Crippen molar-refractivity contribution < 1.29 is 17.9 Å². The quantitative estimate of drug-likeness (QED) is 0.721. The van der Waals surface area contributed by atoms with Crippen molar-refractivity contribution >= 4 is 22.0 Å². The average molecular weight is 395 g/mol. The fraction of sp³-hybridized carbons (Fsp3) is 0.550. The van der Waals surface area contributed by atoms with E-state index >= 15 is 0 Å². The second kappa shape index (κ2) is 8.89. The molecule has 1 aliphatic rings. The molecule has 0 atom stereocenters. The van der Waals surface area contributed by atoms with Gasteiger partial charge in [-0.25, -0.2) is 8.42 Å². The van der Waals surface area contributed by atoms with Crippen molar-refractivity contribution in [3.8, 4) is 5.75 Å². The van der Waals surface area contributed by atoms with E-state index in [2.05, 4.69) is 5.32 Å². The number of hydrogen-bond donors (Lipinski definition) is 1. The summed E-state index contributed by atoms with van der Waals surface area (Å²) < 4.78 is 32.8. The summed E-state index contributed by atoms with van der Waals surface area (Å²) >= 11 is 0. The minimum atomic E-state index is -3.62. The van der Waals surface area contributed by atoms with E-state index in [0.29, 0.717) is 24.4 Å². The lowest BCUT2D eigenvalue weighted by atomic mass is 10.0. The highest BCUT2D eigenvalue weighted by atomic mass is 32.2. The van der Waals surface area contributed by atoms with Crippen molar-refractivity contribution in [3.63, 3.8) is 0 Å². The summed E-state index contributed by atoms with van der Waals surface area (Å²) in [5, 5.41) is 2.92. The molecule has 1 aliphatic heterocycles. The first kappa shape index (κ1) is 21.4. The summed E-state index contributed by atoms with van der Waals surface area (Å²) in [6.45, 7) is 6.97. The fourth-order valence-corrected chi connectivity index (χ4v) is 4.59. The van der Waals surface area contributed by atoms with Gasteiger partial charge in [-0.05, 0) is 56.9 Å². The molecule has 0 saturated carbocycles. The van der Waals surface area contributed by atoms with Gasteiger partial charge < -0.3 is 10.1 Å². The van der Waals surface area contributed by atoms with E-state index in [1.807, 2.05) is 20.8 Å². The van der Waals surface area contributed by atoms with Crippen molar-refractivity contribution in [3.05, 3.63) is 29.8 Å². The first-order valence-electron chi connectivity index (χ1n) is 9.38. The number of amides is 1. The molecule has 27 heavy (non-hydrogen) atoms. The minimum Gasteiger partial charge on any atom is -0.495 e. The Balaban J connectivity index is 2.27. The maximum Gasteiger partial charge on any atom is 0.246 e. The average Bonchev–Trinajstić information content (AvgIpc) is 2.66. The third-order valence-corrected chi connectivity index (χ3v) is 6.81. The van der Waals surface area contributed by atoms with E-state index in [0.717, 1.165) is 25.7 Å². The molecule has 1 saturated heterocycles. The van der Waals surface area contributed by atoms with Gasteiger partial charge in [0.05, 0.1) is 7.11 Å². The molecular formula is C20H30N2O4S. The zero-order chi connectivity index (χ0) is 20.1. The van der Waals surface area contributed by atoms with Crippen LogP contribution in [0.25, 0.3) is 6.08 Å². The Labute approximate surface area is 162 Å². The molecule has 1 amide bonds. The lowest BCUT2D eigenvalue weighted by Crippen LogP contribution is -2.41. The maximum atomic E-state index is 13.0. The first-order valence-corrected chi connectivity index (χ1v) is 10.8. The Morgan fingerprint density at radius 2 is 1.93 bits per heavy atom. The molecule has 0 aromatic heterocycles. The van der Waals surface area contributed by atoms with Crippen LogP contribution in [0.15, 0.2) is 29.2 Å². The molecule has 0 radical (unpaired) electrons. The molecule has 1 heterocycles. The van der Waals surface area contributed by atoms with Crippen LogP contribution in [-0.4, -0.2) is 44.4 Å². The Morgan fingerprint density at radius 3 is 2.52 bits per heavy atom. The molecule has 1 N–H and O–H groups in total. The predicted molar refractivity (Wildman–Crippen MR) is 107 cm³/mol. The van der Waals surface area contributed by atoms with Gasteiger partial charge in [-0.2, -0.15) is 4.31 Å². The Morgan fingerprint density at radius 1 is 1.26 bits per heavy atom. The van der Waals surface area contributed by atoms with Crippen LogP contribution < -0.4 is 10.1 Å². The highest BCUT2D eigenvalue weighted by molar-refractivity contribution is 7.89. The molecule has 0 spiro atoms. The second-order valence-corrected chi connectivity index (χ2v) is 9.34. The number of nitrogens with one attached hydrogen (secondary N) is 1. The maximum absolute atomic E-state index is 13.0. The van der Waals surface area contributed by atoms with Crippen molar-refractivity contribution in [1.29, 1.82) is 0 Å². The number of ether oxygens (including phenoxy) is 1. The molecule has 150 valence electrons. The number of carbonyl (C=O) groups is 1. The number of carbonyl (C=O) groups excluding carboxylic acids is 1. The number of rotatable bonds is 7. The van der Waals surface area contributed by atoms with Crippen LogP contribution in [0.1, 0.15) is 52.0 Å². The highest BCUT2D eigenvalue weighted by Crippen LogP contribution is 2.30. The molecule has 0 aliphatic carbocycles. The highest BCUT2D eigenvalue weighted by Gasteiger charge is 2.29. The fourth-order valence-electron chi connectivity index (χ4n) is 2.88. The normalized spacial score (nSPS) is 16.4. The zero-order valence-electron chi connectivity index (χ0n) is 16.6. The van der Waals surface area contributed by atoms with Crippen LogP contribution in [0.2, 0.25) is 0 Å². The topological polar surface area (TPSA) is 75.7 Å². The van der Waals surface area contributed by atoms with E-state index in [1.165, 1.54) is 17.5 Å². The third-order valence-electron chi connectivity index (χ3n) is 4.89. The van der Waals surface area contributed by atoms with Crippen LogP contribution >= 0.6 is 0 Å². The summed E-state index contributed by atoms with van der Waals surface area (Å²) in [6.07, 6.45) is 6.65. The number of hydrogen-bond acceptors (Lipinski definition) is 4. The lowest BCUT2D eigenvalue weighted by Gasteiger charge is -2.26. The van der Waals surface area contributed by atoms with E-state index < -0.39 is 10.0 Å². The Kier molecular flexibility index (Phi) is 7.06. The van der Waals surface area contributed by atoms with E-state index in [1.54, 1.807) is 24.3 Å². The smallest absolute Gasteiger partial charge is 0.246 e. The van der Waals surface area contributed by atoms with Gasteiger partial charge >= 0.3 is 0 Å². The van der Waals surface area contributed by atoms with E-state index in [-0.39, 0.29) is 16.3 Å². The molecule has 7 heteroatoms. The summed E-state index contributed by atoms with van der Waals surface area (Å²) in [5.41, 5.74) is 0.347. The SMILES string of the molecule is CCC(C)(C)NC(=O)C=Cc1ccc(OC)c(S(=O)(=O)N2CCCCC2)c1. The second-order valence-electron chi connectivity index (χ2n) is 7.44. The van der Waals surface area contributed by atoms with Crippen LogP contribution in [-0.2, 0) is 14.8 Å². The Bertz CT molecular complexity index is 794. The first-order chi connectivity index (χ1) is 12.7. The van der Waals surface area contributed by atoms with Crippen molar-refractivity contribution in [2.24, 2.45) is 0 Å². The molecule has 0 bridgehead atoms. The van der Waals surface area contributed by atoms with Crippen molar-refractivity contribution in [2.75, 3.05) is 20.2 Å². The standard InChI is InChI=1S/C20H30N2O4S/c1-5-20(2,3)21-19(23)12-10-16-9-11-17(26-4)18(15-16)27(24,25)22-13-7-6-8-14-22/h9-12,15H,5-8,13-14H2,1-4H3,(H,21,23). The number of piperidine rings is 1. The van der Waals surface area contributed by atoms with Crippen LogP contribution in [0, 0.1) is 0 Å². The summed E-state index contributed by atoms with van der Waals surface area (Å²) in [5.74, 6) is 0.104. The van der Waals surface area contributed by atoms with Gasteiger partial charge in [0.2, 0.25) is 15.9 Å². The molecule has 0 unspecified atom stereocenters. The van der Waals surface area contributed by atoms with Gasteiger partial charge in [-0.15, -0.1) is 0 Å².